The van der Waals surface area contributed by atoms with E-state index in [9.17, 15) is 8.78 Å². The molecule has 0 fully saturated rings. The molecule has 50 valence electrons. The quantitative estimate of drug-likeness (QED) is 0.627. The SMILES string of the molecule is Nc1cnoc1C(F)F. The van der Waals surface area contributed by atoms with Gasteiger partial charge in [-0.1, -0.05) is 5.16 Å². The molecule has 0 saturated heterocycles. The molecule has 5 heteroatoms. The fraction of sp³-hybridized carbons (Fsp3) is 0.250. The van der Waals surface area contributed by atoms with Crippen LogP contribution in [0.1, 0.15) is 12.2 Å². The van der Waals surface area contributed by atoms with Crippen LogP contribution in [0.5, 0.6) is 0 Å². The minimum Gasteiger partial charge on any atom is -0.394 e. The summed E-state index contributed by atoms with van der Waals surface area (Å²) in [4.78, 5) is 0. The number of aromatic nitrogens is 1. The Morgan fingerprint density at radius 2 is 2.33 bits per heavy atom. The summed E-state index contributed by atoms with van der Waals surface area (Å²) in [7, 11) is 0. The lowest BCUT2D eigenvalue weighted by molar-refractivity contribution is 0.113. The van der Waals surface area contributed by atoms with Gasteiger partial charge in [0.1, 0.15) is 5.69 Å². The number of anilines is 1. The number of hydrogen-bond acceptors (Lipinski definition) is 3. The maximum absolute atomic E-state index is 11.6. The third kappa shape index (κ3) is 0.984. The Morgan fingerprint density at radius 1 is 1.67 bits per heavy atom. The van der Waals surface area contributed by atoms with Gasteiger partial charge in [0.2, 0.25) is 5.76 Å². The summed E-state index contributed by atoms with van der Waals surface area (Å²) in [6.07, 6.45) is -1.63. The number of nitrogens with zero attached hydrogens (tertiary/aromatic N) is 1. The minimum absolute atomic E-state index is 0.106. The van der Waals surface area contributed by atoms with Crippen molar-refractivity contribution in [3.8, 4) is 0 Å². The second-order valence-corrected chi connectivity index (χ2v) is 1.45. The van der Waals surface area contributed by atoms with Crippen molar-refractivity contribution in [2.45, 2.75) is 6.43 Å². The highest BCUT2D eigenvalue weighted by atomic mass is 19.3. The van der Waals surface area contributed by atoms with Gasteiger partial charge < -0.3 is 10.3 Å². The van der Waals surface area contributed by atoms with Crippen molar-refractivity contribution < 1.29 is 13.3 Å². The maximum atomic E-state index is 11.6. The molecule has 0 aliphatic carbocycles. The van der Waals surface area contributed by atoms with Gasteiger partial charge in [-0.2, -0.15) is 0 Å². The van der Waals surface area contributed by atoms with Gasteiger partial charge in [0.05, 0.1) is 6.20 Å². The van der Waals surface area contributed by atoms with E-state index in [1.54, 1.807) is 0 Å². The van der Waals surface area contributed by atoms with E-state index in [2.05, 4.69) is 9.68 Å². The Bertz CT molecular complexity index is 198. The molecule has 0 aliphatic heterocycles. The molecule has 0 saturated carbocycles. The molecule has 1 rings (SSSR count). The lowest BCUT2D eigenvalue weighted by Gasteiger charge is -1.89. The van der Waals surface area contributed by atoms with Gasteiger partial charge in [0.15, 0.2) is 0 Å². The van der Waals surface area contributed by atoms with Crippen LogP contribution in [0.2, 0.25) is 0 Å². The Morgan fingerprint density at radius 3 is 2.56 bits per heavy atom. The van der Waals surface area contributed by atoms with Crippen molar-refractivity contribution in [1.82, 2.24) is 5.16 Å². The molecular formula is C4H4F2N2O. The van der Waals surface area contributed by atoms with Crippen molar-refractivity contribution in [3.05, 3.63) is 12.0 Å². The average molecular weight is 134 g/mol. The fourth-order valence-electron chi connectivity index (χ4n) is 0.422. The molecule has 0 bridgehead atoms. The van der Waals surface area contributed by atoms with Crippen molar-refractivity contribution in [1.29, 1.82) is 0 Å². The first-order valence-electron chi connectivity index (χ1n) is 2.20. The van der Waals surface area contributed by atoms with Crippen LogP contribution in [0.25, 0.3) is 0 Å². The minimum atomic E-state index is -2.67. The molecule has 1 heterocycles. The average Bonchev–Trinajstić information content (AvgIpc) is 2.13. The summed E-state index contributed by atoms with van der Waals surface area (Å²) in [5.74, 6) is -0.560. The molecule has 0 aromatic carbocycles. The number of hydrogen-bond donors (Lipinski definition) is 1. The van der Waals surface area contributed by atoms with Crippen LogP contribution < -0.4 is 5.73 Å². The largest absolute Gasteiger partial charge is 0.394 e. The number of halogens is 2. The third-order valence-corrected chi connectivity index (χ3v) is 0.826. The van der Waals surface area contributed by atoms with Gasteiger partial charge >= 0.3 is 0 Å². The van der Waals surface area contributed by atoms with E-state index in [0.29, 0.717) is 0 Å². The highest BCUT2D eigenvalue weighted by molar-refractivity contribution is 5.38. The second-order valence-electron chi connectivity index (χ2n) is 1.45. The number of rotatable bonds is 1. The van der Waals surface area contributed by atoms with E-state index in [0.717, 1.165) is 6.20 Å². The molecular weight excluding hydrogens is 130 g/mol. The highest BCUT2D eigenvalue weighted by Crippen LogP contribution is 2.23. The zero-order valence-corrected chi connectivity index (χ0v) is 4.34. The zero-order chi connectivity index (χ0) is 6.85. The third-order valence-electron chi connectivity index (χ3n) is 0.826. The zero-order valence-electron chi connectivity index (χ0n) is 4.34. The van der Waals surface area contributed by atoms with Crippen LogP contribution in [-0.4, -0.2) is 5.16 Å². The van der Waals surface area contributed by atoms with Gasteiger partial charge in [0, 0.05) is 0 Å². The van der Waals surface area contributed by atoms with Crippen molar-refractivity contribution in [2.24, 2.45) is 0 Å². The van der Waals surface area contributed by atoms with Crippen molar-refractivity contribution in [2.75, 3.05) is 5.73 Å². The van der Waals surface area contributed by atoms with Crippen molar-refractivity contribution in [3.63, 3.8) is 0 Å². The molecule has 0 spiro atoms. The molecule has 1 aromatic rings. The molecule has 0 unspecified atom stereocenters. The predicted molar refractivity (Wildman–Crippen MR) is 25.9 cm³/mol. The van der Waals surface area contributed by atoms with Crippen LogP contribution in [0.4, 0.5) is 14.5 Å². The summed E-state index contributed by atoms with van der Waals surface area (Å²) in [6, 6.07) is 0. The Kier molecular flexibility index (Phi) is 1.33. The molecule has 0 radical (unpaired) electrons. The topological polar surface area (TPSA) is 52.0 Å². The molecule has 9 heavy (non-hydrogen) atoms. The van der Waals surface area contributed by atoms with Gasteiger partial charge in [0.25, 0.3) is 6.43 Å². The van der Waals surface area contributed by atoms with Crippen LogP contribution in [-0.2, 0) is 0 Å². The van der Waals surface area contributed by atoms with Gasteiger partial charge in [-0.3, -0.25) is 0 Å². The summed E-state index contributed by atoms with van der Waals surface area (Å²) >= 11 is 0. The Labute approximate surface area is 49.4 Å². The Balaban J connectivity index is 2.94. The van der Waals surface area contributed by atoms with Crippen molar-refractivity contribution >= 4 is 5.69 Å². The summed E-state index contributed by atoms with van der Waals surface area (Å²) in [5, 5.41) is 3.06. The van der Waals surface area contributed by atoms with Crippen LogP contribution in [0, 0.1) is 0 Å². The second kappa shape index (κ2) is 2.00. The normalized spacial score (nSPS) is 10.6. The fourth-order valence-corrected chi connectivity index (χ4v) is 0.422. The summed E-state index contributed by atoms with van der Waals surface area (Å²) < 4.78 is 27.4. The van der Waals surface area contributed by atoms with E-state index in [4.69, 9.17) is 5.73 Å². The molecule has 3 nitrogen and oxygen atoms in total. The predicted octanol–water partition coefficient (Wildman–Crippen LogP) is 1.19. The van der Waals surface area contributed by atoms with Gasteiger partial charge in [-0.25, -0.2) is 8.78 Å². The first-order valence-corrected chi connectivity index (χ1v) is 2.20. The van der Waals surface area contributed by atoms with E-state index in [1.165, 1.54) is 0 Å². The van der Waals surface area contributed by atoms with E-state index in [-0.39, 0.29) is 5.69 Å². The van der Waals surface area contributed by atoms with Crippen LogP contribution in [0.15, 0.2) is 10.7 Å². The first-order chi connectivity index (χ1) is 4.22. The smallest absolute Gasteiger partial charge is 0.300 e. The van der Waals surface area contributed by atoms with Crippen LogP contribution in [0.3, 0.4) is 0 Å². The molecule has 0 amide bonds. The molecule has 2 N–H and O–H groups in total. The maximum Gasteiger partial charge on any atom is 0.300 e. The number of nitrogen functional groups attached to an aromatic ring is 1. The lowest BCUT2D eigenvalue weighted by Crippen LogP contribution is -1.88. The van der Waals surface area contributed by atoms with Gasteiger partial charge in [-0.15, -0.1) is 0 Å². The van der Waals surface area contributed by atoms with E-state index < -0.39 is 12.2 Å². The first kappa shape index (κ1) is 6.00. The molecule has 1 aromatic heterocycles. The highest BCUT2D eigenvalue weighted by Gasteiger charge is 2.15. The van der Waals surface area contributed by atoms with Crippen LogP contribution >= 0.6 is 0 Å². The van der Waals surface area contributed by atoms with E-state index >= 15 is 0 Å². The standard InChI is InChI=1S/C4H4F2N2O/c5-4(6)3-2(7)1-8-9-3/h1,4H,7H2. The molecule has 0 atom stereocenters. The monoisotopic (exact) mass is 134 g/mol. The number of nitrogens with two attached hydrogens (primary N) is 1. The van der Waals surface area contributed by atoms with Gasteiger partial charge in [-0.05, 0) is 0 Å². The molecule has 0 aliphatic rings. The lowest BCUT2D eigenvalue weighted by atomic mass is 10.4. The summed E-state index contributed by atoms with van der Waals surface area (Å²) in [6.45, 7) is 0. The summed E-state index contributed by atoms with van der Waals surface area (Å²) in [5.41, 5.74) is 4.90. The number of alkyl halides is 2. The Hall–Kier alpha value is -1.13. The van der Waals surface area contributed by atoms with E-state index in [1.807, 2.05) is 0 Å².